The van der Waals surface area contributed by atoms with E-state index in [1.807, 2.05) is 13.8 Å². The van der Waals surface area contributed by atoms with Crippen molar-refractivity contribution in [3.63, 3.8) is 0 Å². The van der Waals surface area contributed by atoms with Gasteiger partial charge < -0.3 is 14.9 Å². The van der Waals surface area contributed by atoms with E-state index in [0.717, 1.165) is 62.2 Å². The van der Waals surface area contributed by atoms with Gasteiger partial charge in [-0.1, -0.05) is 32.4 Å². The molecule has 2 N–H and O–H groups in total. The number of aliphatic hydroxyl groups is 2. The molecule has 0 spiro atoms. The Bertz CT molecular complexity index is 709. The van der Waals surface area contributed by atoms with Gasteiger partial charge in [-0.15, -0.1) is 0 Å². The quantitative estimate of drug-likeness (QED) is 0.438. The molecule has 0 heterocycles. The van der Waals surface area contributed by atoms with Crippen molar-refractivity contribution in [2.45, 2.75) is 116 Å². The third kappa shape index (κ3) is 4.36. The van der Waals surface area contributed by atoms with Gasteiger partial charge in [0.1, 0.15) is 0 Å². The lowest BCUT2D eigenvalue weighted by atomic mass is 9.46. The van der Waals surface area contributed by atoms with E-state index in [4.69, 9.17) is 4.74 Å². The summed E-state index contributed by atoms with van der Waals surface area (Å²) < 4.78 is 5.20. The topological polar surface area (TPSA) is 49.7 Å². The monoisotopic (exact) mass is 446 g/mol. The molecule has 3 unspecified atom stereocenters. The third-order valence-corrected chi connectivity index (χ3v) is 11.1. The molecule has 0 aromatic rings. The highest BCUT2D eigenvalue weighted by Crippen LogP contribution is 2.67. The first kappa shape index (κ1) is 24.7. The molecule has 9 atom stereocenters. The Hall–Kier alpha value is -0.380. The van der Waals surface area contributed by atoms with Crippen molar-refractivity contribution in [1.29, 1.82) is 0 Å². The number of methoxy groups -OCH3 is 1. The van der Waals surface area contributed by atoms with Crippen molar-refractivity contribution in [2.24, 2.45) is 40.4 Å². The number of hydrogen-bond donors (Lipinski definition) is 2. The summed E-state index contributed by atoms with van der Waals surface area (Å²) in [5.74, 6) is 3.94. The largest absolute Gasteiger partial charge is 0.390 e. The zero-order valence-corrected chi connectivity index (χ0v) is 21.8. The van der Waals surface area contributed by atoms with Crippen LogP contribution in [0.2, 0.25) is 0 Å². The average molecular weight is 447 g/mol. The highest BCUT2D eigenvalue weighted by Gasteiger charge is 2.59. The molecule has 4 aliphatic rings. The highest BCUT2D eigenvalue weighted by atomic mass is 16.5. The van der Waals surface area contributed by atoms with Crippen LogP contribution in [0.25, 0.3) is 0 Å². The molecule has 0 aliphatic heterocycles. The van der Waals surface area contributed by atoms with Crippen molar-refractivity contribution in [3.05, 3.63) is 11.6 Å². The van der Waals surface area contributed by atoms with Crippen LogP contribution < -0.4 is 0 Å². The van der Waals surface area contributed by atoms with Crippen LogP contribution in [0.5, 0.6) is 0 Å². The fraction of sp³-hybridized carbons (Fsp3) is 0.931. The van der Waals surface area contributed by atoms with E-state index < -0.39 is 11.2 Å². The second-order valence-corrected chi connectivity index (χ2v) is 13.4. The summed E-state index contributed by atoms with van der Waals surface area (Å²) in [5.41, 5.74) is 1.23. The summed E-state index contributed by atoms with van der Waals surface area (Å²) in [6.45, 7) is 12.3. The first-order chi connectivity index (χ1) is 14.9. The molecular weight excluding hydrogens is 396 g/mol. The second-order valence-electron chi connectivity index (χ2n) is 13.4. The van der Waals surface area contributed by atoms with Gasteiger partial charge in [-0.2, -0.15) is 0 Å². The molecular formula is C29H50O3. The summed E-state index contributed by atoms with van der Waals surface area (Å²) in [6, 6.07) is 0. The predicted molar refractivity (Wildman–Crippen MR) is 131 cm³/mol. The van der Waals surface area contributed by atoms with Crippen LogP contribution in [0.3, 0.4) is 0 Å². The number of ether oxygens (including phenoxy) is 1. The molecule has 0 saturated heterocycles. The summed E-state index contributed by atoms with van der Waals surface area (Å²) in [4.78, 5) is 0. The molecule has 0 aromatic carbocycles. The molecule has 184 valence electrons. The maximum atomic E-state index is 10.8. The Labute approximate surface area is 197 Å². The Balaban J connectivity index is 1.45. The van der Waals surface area contributed by atoms with Crippen molar-refractivity contribution >= 4 is 0 Å². The SMILES string of the molecule is COCCC(C)(O)CC[C@@H](C)[C@H]1CCC2[C@@H]3CC=C4C[C@@](C)(O)CC[C@]4(C)C3CC[C@@]21C. The molecule has 3 saturated carbocycles. The Morgan fingerprint density at radius 3 is 2.56 bits per heavy atom. The zero-order valence-electron chi connectivity index (χ0n) is 21.8. The van der Waals surface area contributed by atoms with Crippen LogP contribution in [0, 0.1) is 40.4 Å². The van der Waals surface area contributed by atoms with Gasteiger partial charge in [0.05, 0.1) is 11.2 Å². The molecule has 3 heteroatoms. The maximum absolute atomic E-state index is 10.8. The summed E-state index contributed by atoms with van der Waals surface area (Å²) >= 11 is 0. The molecule has 32 heavy (non-hydrogen) atoms. The highest BCUT2D eigenvalue weighted by molar-refractivity contribution is 5.26. The maximum Gasteiger partial charge on any atom is 0.0657 e. The minimum absolute atomic E-state index is 0.316. The van der Waals surface area contributed by atoms with Crippen LogP contribution in [0.1, 0.15) is 105 Å². The van der Waals surface area contributed by atoms with Crippen molar-refractivity contribution < 1.29 is 14.9 Å². The predicted octanol–water partition coefficient (Wildman–Crippen LogP) is 6.52. The van der Waals surface area contributed by atoms with E-state index in [1.165, 1.54) is 32.1 Å². The molecule has 4 rings (SSSR count). The zero-order chi connectivity index (χ0) is 23.4. The lowest BCUT2D eigenvalue weighted by Gasteiger charge is -2.59. The van der Waals surface area contributed by atoms with Crippen LogP contribution in [0.15, 0.2) is 11.6 Å². The molecule has 0 amide bonds. The van der Waals surface area contributed by atoms with Gasteiger partial charge in [-0.25, -0.2) is 0 Å². The van der Waals surface area contributed by atoms with Gasteiger partial charge >= 0.3 is 0 Å². The lowest BCUT2D eigenvalue weighted by molar-refractivity contribution is -0.0717. The van der Waals surface area contributed by atoms with Crippen LogP contribution in [0.4, 0.5) is 0 Å². The van der Waals surface area contributed by atoms with E-state index in [2.05, 4.69) is 26.8 Å². The van der Waals surface area contributed by atoms with Crippen molar-refractivity contribution in [2.75, 3.05) is 13.7 Å². The van der Waals surface area contributed by atoms with E-state index in [1.54, 1.807) is 12.7 Å². The van der Waals surface area contributed by atoms with Gasteiger partial charge in [0.25, 0.3) is 0 Å². The normalized spacial score (nSPS) is 46.4. The van der Waals surface area contributed by atoms with Crippen LogP contribution in [-0.2, 0) is 4.74 Å². The van der Waals surface area contributed by atoms with E-state index in [-0.39, 0.29) is 0 Å². The van der Waals surface area contributed by atoms with Gasteiger partial charge in [-0.3, -0.25) is 0 Å². The number of fused-ring (bicyclic) bond motifs is 5. The standard InChI is InChI=1S/C29H50O3/c1-20(11-13-26(2,30)17-18-32-6)23-9-10-24-22-8-7-21-19-27(3,31)15-16-28(21,4)25(22)12-14-29(23,24)5/h7,20,22-25,30-31H,8-19H2,1-6H3/t20-,22+,23-,24?,25?,26?,27+,28+,29-/m1/s1. The van der Waals surface area contributed by atoms with Crippen LogP contribution >= 0.6 is 0 Å². The smallest absolute Gasteiger partial charge is 0.0657 e. The molecule has 0 aromatic heterocycles. The molecule has 3 nitrogen and oxygen atoms in total. The van der Waals surface area contributed by atoms with Crippen molar-refractivity contribution in [1.82, 2.24) is 0 Å². The fourth-order valence-electron chi connectivity index (χ4n) is 8.97. The first-order valence-electron chi connectivity index (χ1n) is 13.6. The number of allylic oxidation sites excluding steroid dienone is 1. The fourth-order valence-corrected chi connectivity index (χ4v) is 8.97. The van der Waals surface area contributed by atoms with Gasteiger partial charge in [0.2, 0.25) is 0 Å². The Morgan fingerprint density at radius 2 is 1.84 bits per heavy atom. The van der Waals surface area contributed by atoms with Crippen molar-refractivity contribution in [3.8, 4) is 0 Å². The van der Waals surface area contributed by atoms with E-state index in [9.17, 15) is 10.2 Å². The third-order valence-electron chi connectivity index (χ3n) is 11.1. The summed E-state index contributed by atoms with van der Waals surface area (Å²) in [6.07, 6.45) is 15.0. The van der Waals surface area contributed by atoms with Gasteiger partial charge in [0.15, 0.2) is 0 Å². The summed E-state index contributed by atoms with van der Waals surface area (Å²) in [7, 11) is 1.72. The van der Waals surface area contributed by atoms with Gasteiger partial charge in [0, 0.05) is 13.7 Å². The lowest BCUT2D eigenvalue weighted by Crippen LogP contribution is -2.52. The summed E-state index contributed by atoms with van der Waals surface area (Å²) in [5, 5.41) is 21.5. The molecule has 3 fully saturated rings. The minimum atomic E-state index is -0.609. The Kier molecular flexibility index (Phi) is 6.71. The van der Waals surface area contributed by atoms with E-state index in [0.29, 0.717) is 23.4 Å². The average Bonchev–Trinajstić information content (AvgIpc) is 3.08. The van der Waals surface area contributed by atoms with Gasteiger partial charge in [-0.05, 0) is 125 Å². The second kappa shape index (κ2) is 8.68. The number of hydrogen-bond acceptors (Lipinski definition) is 3. The molecule has 0 bridgehead atoms. The van der Waals surface area contributed by atoms with E-state index >= 15 is 0 Å². The minimum Gasteiger partial charge on any atom is -0.390 e. The molecule has 4 aliphatic carbocycles. The Morgan fingerprint density at radius 1 is 1.09 bits per heavy atom. The molecule has 0 radical (unpaired) electrons. The number of rotatable bonds is 7. The first-order valence-corrected chi connectivity index (χ1v) is 13.6. The van der Waals surface area contributed by atoms with Crippen LogP contribution in [-0.4, -0.2) is 35.1 Å².